The van der Waals surface area contributed by atoms with Crippen molar-refractivity contribution >= 4 is 0 Å². The third-order valence-electron chi connectivity index (χ3n) is 3.35. The standard InChI is InChI=1S/C14H31NO/c1-5-10-15(12-14(16)7-3)11-8-9-13(4)6-2/h13-14,16H,5-12H2,1-4H3. The molecule has 0 heterocycles. The molecule has 0 amide bonds. The van der Waals surface area contributed by atoms with E-state index < -0.39 is 0 Å². The van der Waals surface area contributed by atoms with Crippen molar-refractivity contribution in [2.45, 2.75) is 65.9 Å². The molecule has 16 heavy (non-hydrogen) atoms. The highest BCUT2D eigenvalue weighted by atomic mass is 16.3. The molecule has 0 aromatic carbocycles. The highest BCUT2D eigenvalue weighted by Crippen LogP contribution is 2.10. The largest absolute Gasteiger partial charge is 0.392 e. The summed E-state index contributed by atoms with van der Waals surface area (Å²) in [7, 11) is 0. The Bertz CT molecular complexity index is 150. The molecule has 2 nitrogen and oxygen atoms in total. The number of hydrogen-bond donors (Lipinski definition) is 1. The van der Waals surface area contributed by atoms with Crippen LogP contribution in [0.3, 0.4) is 0 Å². The first kappa shape index (κ1) is 15.9. The number of hydrogen-bond acceptors (Lipinski definition) is 2. The zero-order chi connectivity index (χ0) is 12.4. The van der Waals surface area contributed by atoms with Gasteiger partial charge in [-0.25, -0.2) is 0 Å². The van der Waals surface area contributed by atoms with Crippen LogP contribution in [0.5, 0.6) is 0 Å². The molecule has 2 atom stereocenters. The highest BCUT2D eigenvalue weighted by Gasteiger charge is 2.09. The molecule has 1 N–H and O–H groups in total. The van der Waals surface area contributed by atoms with E-state index in [1.807, 2.05) is 6.92 Å². The highest BCUT2D eigenvalue weighted by molar-refractivity contribution is 4.64. The van der Waals surface area contributed by atoms with Crippen LogP contribution >= 0.6 is 0 Å². The average Bonchev–Trinajstić information content (AvgIpc) is 2.28. The van der Waals surface area contributed by atoms with Crippen molar-refractivity contribution in [3.05, 3.63) is 0 Å². The molecule has 2 heteroatoms. The summed E-state index contributed by atoms with van der Waals surface area (Å²) in [6.45, 7) is 12.0. The van der Waals surface area contributed by atoms with Crippen LogP contribution in [0, 0.1) is 5.92 Å². The second kappa shape index (κ2) is 10.1. The summed E-state index contributed by atoms with van der Waals surface area (Å²) in [6.07, 6.45) is 5.77. The summed E-state index contributed by atoms with van der Waals surface area (Å²) in [5.41, 5.74) is 0. The lowest BCUT2D eigenvalue weighted by Crippen LogP contribution is -2.33. The predicted octanol–water partition coefficient (Wildman–Crippen LogP) is 3.30. The molecule has 0 radical (unpaired) electrons. The normalized spacial score (nSPS) is 15.4. The zero-order valence-corrected chi connectivity index (χ0v) is 11.7. The van der Waals surface area contributed by atoms with E-state index in [4.69, 9.17) is 0 Å². The molecular weight excluding hydrogens is 198 g/mol. The minimum atomic E-state index is -0.143. The van der Waals surface area contributed by atoms with E-state index in [2.05, 4.69) is 25.7 Å². The van der Waals surface area contributed by atoms with Gasteiger partial charge in [0.25, 0.3) is 0 Å². The van der Waals surface area contributed by atoms with E-state index in [-0.39, 0.29) is 6.10 Å². The first-order valence-corrected chi connectivity index (χ1v) is 7.04. The fourth-order valence-corrected chi connectivity index (χ4v) is 1.91. The quantitative estimate of drug-likeness (QED) is 0.621. The van der Waals surface area contributed by atoms with Crippen molar-refractivity contribution in [2.24, 2.45) is 5.92 Å². The SMILES string of the molecule is CCCN(CCCC(C)CC)CC(O)CC. The molecule has 0 aromatic heterocycles. The molecule has 0 spiro atoms. The van der Waals surface area contributed by atoms with Gasteiger partial charge in [-0.15, -0.1) is 0 Å². The first-order valence-electron chi connectivity index (χ1n) is 7.04. The molecule has 0 bridgehead atoms. The molecule has 0 aromatic rings. The van der Waals surface area contributed by atoms with Gasteiger partial charge in [0.15, 0.2) is 0 Å². The maximum absolute atomic E-state index is 9.67. The Balaban J connectivity index is 3.75. The fraction of sp³-hybridized carbons (Fsp3) is 1.00. The van der Waals surface area contributed by atoms with Crippen molar-refractivity contribution in [1.29, 1.82) is 0 Å². The van der Waals surface area contributed by atoms with Crippen molar-refractivity contribution in [3.8, 4) is 0 Å². The average molecular weight is 229 g/mol. The molecule has 0 saturated heterocycles. The lowest BCUT2D eigenvalue weighted by atomic mass is 10.0. The Hall–Kier alpha value is -0.0800. The smallest absolute Gasteiger partial charge is 0.0664 e. The number of aliphatic hydroxyl groups excluding tert-OH is 1. The molecule has 98 valence electrons. The topological polar surface area (TPSA) is 23.5 Å². The zero-order valence-electron chi connectivity index (χ0n) is 11.7. The lowest BCUT2D eigenvalue weighted by molar-refractivity contribution is 0.107. The Labute approximate surface area is 102 Å². The third kappa shape index (κ3) is 8.12. The first-order chi connectivity index (χ1) is 7.63. The molecule has 0 aliphatic rings. The summed E-state index contributed by atoms with van der Waals surface area (Å²) in [5, 5.41) is 9.67. The van der Waals surface area contributed by atoms with E-state index in [1.165, 1.54) is 25.7 Å². The van der Waals surface area contributed by atoms with E-state index in [9.17, 15) is 5.11 Å². The second-order valence-corrected chi connectivity index (χ2v) is 5.02. The van der Waals surface area contributed by atoms with Crippen LogP contribution in [0.15, 0.2) is 0 Å². The van der Waals surface area contributed by atoms with Crippen LogP contribution in [-0.4, -0.2) is 35.7 Å². The number of nitrogens with zero attached hydrogens (tertiary/aromatic N) is 1. The summed E-state index contributed by atoms with van der Waals surface area (Å²) in [6, 6.07) is 0. The van der Waals surface area contributed by atoms with Crippen LogP contribution in [0.4, 0.5) is 0 Å². The Morgan fingerprint density at radius 3 is 2.25 bits per heavy atom. The minimum Gasteiger partial charge on any atom is -0.392 e. The molecule has 0 rings (SSSR count). The molecule has 2 unspecified atom stereocenters. The van der Waals surface area contributed by atoms with E-state index in [0.717, 1.165) is 32.0 Å². The molecule has 0 aliphatic heterocycles. The van der Waals surface area contributed by atoms with Gasteiger partial charge in [-0.1, -0.05) is 34.1 Å². The van der Waals surface area contributed by atoms with Gasteiger partial charge in [0.05, 0.1) is 6.10 Å². The van der Waals surface area contributed by atoms with Gasteiger partial charge in [0.1, 0.15) is 0 Å². The summed E-state index contributed by atoms with van der Waals surface area (Å²) in [4.78, 5) is 2.41. The van der Waals surface area contributed by atoms with Gasteiger partial charge in [-0.05, 0) is 44.7 Å². The maximum atomic E-state index is 9.67. The predicted molar refractivity (Wildman–Crippen MR) is 71.7 cm³/mol. The van der Waals surface area contributed by atoms with Crippen LogP contribution in [0.25, 0.3) is 0 Å². The third-order valence-corrected chi connectivity index (χ3v) is 3.35. The molecule has 0 fully saturated rings. The van der Waals surface area contributed by atoms with Gasteiger partial charge in [0.2, 0.25) is 0 Å². The van der Waals surface area contributed by atoms with Gasteiger partial charge >= 0.3 is 0 Å². The van der Waals surface area contributed by atoms with Crippen LogP contribution in [0.1, 0.15) is 59.8 Å². The maximum Gasteiger partial charge on any atom is 0.0664 e. The number of aliphatic hydroxyl groups is 1. The van der Waals surface area contributed by atoms with E-state index >= 15 is 0 Å². The van der Waals surface area contributed by atoms with Gasteiger partial charge in [0, 0.05) is 6.54 Å². The molecule has 0 aliphatic carbocycles. The summed E-state index contributed by atoms with van der Waals surface area (Å²) in [5.74, 6) is 0.847. The van der Waals surface area contributed by atoms with Crippen molar-refractivity contribution in [2.75, 3.05) is 19.6 Å². The Morgan fingerprint density at radius 2 is 1.75 bits per heavy atom. The van der Waals surface area contributed by atoms with Gasteiger partial charge < -0.3 is 10.0 Å². The minimum absolute atomic E-state index is 0.143. The second-order valence-electron chi connectivity index (χ2n) is 5.02. The Kier molecular flexibility index (Phi) is 10.0. The fourth-order valence-electron chi connectivity index (χ4n) is 1.91. The van der Waals surface area contributed by atoms with Gasteiger partial charge in [-0.3, -0.25) is 0 Å². The Morgan fingerprint density at radius 1 is 1.06 bits per heavy atom. The monoisotopic (exact) mass is 229 g/mol. The van der Waals surface area contributed by atoms with Crippen LogP contribution in [0.2, 0.25) is 0 Å². The van der Waals surface area contributed by atoms with E-state index in [1.54, 1.807) is 0 Å². The number of rotatable bonds is 10. The van der Waals surface area contributed by atoms with Crippen LogP contribution < -0.4 is 0 Å². The van der Waals surface area contributed by atoms with Gasteiger partial charge in [-0.2, -0.15) is 0 Å². The summed E-state index contributed by atoms with van der Waals surface area (Å²) < 4.78 is 0. The molecular formula is C14H31NO. The van der Waals surface area contributed by atoms with Crippen molar-refractivity contribution < 1.29 is 5.11 Å². The van der Waals surface area contributed by atoms with Crippen LogP contribution in [-0.2, 0) is 0 Å². The molecule has 0 saturated carbocycles. The lowest BCUT2D eigenvalue weighted by Gasteiger charge is -2.24. The summed E-state index contributed by atoms with van der Waals surface area (Å²) >= 11 is 0. The van der Waals surface area contributed by atoms with Crippen molar-refractivity contribution in [3.63, 3.8) is 0 Å². The van der Waals surface area contributed by atoms with Crippen molar-refractivity contribution in [1.82, 2.24) is 4.90 Å². The van der Waals surface area contributed by atoms with E-state index in [0.29, 0.717) is 0 Å².